The maximum atomic E-state index is 11.4. The molecule has 1 N–H and O–H groups in total. The topological polar surface area (TPSA) is 68.0 Å². The average molecular weight is 209 g/mol. The quantitative estimate of drug-likeness (QED) is 0.817. The number of nitrogens with one attached hydrogen (secondary N) is 1. The molecule has 5 nitrogen and oxygen atoms in total. The van der Waals surface area contributed by atoms with Crippen LogP contribution in [0.15, 0.2) is 21.5 Å². The highest BCUT2D eigenvalue weighted by molar-refractivity contribution is 7.07. The van der Waals surface area contributed by atoms with Crippen LogP contribution in [0.3, 0.4) is 0 Å². The van der Waals surface area contributed by atoms with Gasteiger partial charge < -0.3 is 4.52 Å². The van der Waals surface area contributed by atoms with Gasteiger partial charge in [-0.2, -0.15) is 0 Å². The number of amides is 1. The Bertz CT molecular complexity index is 435. The van der Waals surface area contributed by atoms with Crippen LogP contribution in [0.25, 0.3) is 0 Å². The van der Waals surface area contributed by atoms with Crippen LogP contribution in [0.2, 0.25) is 0 Å². The lowest BCUT2D eigenvalue weighted by Gasteiger charge is -1.95. The van der Waals surface area contributed by atoms with E-state index in [-0.39, 0.29) is 5.91 Å². The summed E-state index contributed by atoms with van der Waals surface area (Å²) in [7, 11) is 0. The lowest BCUT2D eigenvalue weighted by molar-refractivity contribution is 0.102. The van der Waals surface area contributed by atoms with Gasteiger partial charge in [0.05, 0.1) is 11.2 Å². The van der Waals surface area contributed by atoms with Crippen molar-refractivity contribution in [1.29, 1.82) is 0 Å². The monoisotopic (exact) mass is 209 g/mol. The van der Waals surface area contributed by atoms with Crippen LogP contribution in [-0.4, -0.2) is 16.0 Å². The van der Waals surface area contributed by atoms with Gasteiger partial charge in [0, 0.05) is 11.4 Å². The summed E-state index contributed by atoms with van der Waals surface area (Å²) in [6.45, 7) is 1.78. The van der Waals surface area contributed by atoms with Gasteiger partial charge in [-0.15, -0.1) is 11.3 Å². The molecule has 0 radical (unpaired) electrons. The van der Waals surface area contributed by atoms with Crippen LogP contribution >= 0.6 is 11.3 Å². The molecule has 14 heavy (non-hydrogen) atoms. The highest BCUT2D eigenvalue weighted by Gasteiger charge is 2.10. The van der Waals surface area contributed by atoms with Crippen molar-refractivity contribution in [2.45, 2.75) is 6.92 Å². The van der Waals surface area contributed by atoms with E-state index in [9.17, 15) is 4.79 Å². The maximum Gasteiger partial charge on any atom is 0.277 e. The molecular formula is C8H7N3O2S. The van der Waals surface area contributed by atoms with Gasteiger partial charge in [0.1, 0.15) is 5.69 Å². The summed E-state index contributed by atoms with van der Waals surface area (Å²) in [6, 6.07) is 1.64. The molecule has 0 aromatic carbocycles. The zero-order valence-corrected chi connectivity index (χ0v) is 8.17. The highest BCUT2D eigenvalue weighted by atomic mass is 32.1. The summed E-state index contributed by atoms with van der Waals surface area (Å²) in [4.78, 5) is 15.3. The summed E-state index contributed by atoms with van der Waals surface area (Å²) in [5, 5.41) is 7.85. The van der Waals surface area contributed by atoms with Crippen LogP contribution in [0.1, 0.15) is 16.2 Å². The Balaban J connectivity index is 2.09. The minimum Gasteiger partial charge on any atom is -0.338 e. The van der Waals surface area contributed by atoms with Crippen molar-refractivity contribution >= 4 is 23.1 Å². The number of hydrogen-bond donors (Lipinski definition) is 1. The van der Waals surface area contributed by atoms with Gasteiger partial charge in [0.2, 0.25) is 5.88 Å². The molecular weight excluding hydrogens is 202 g/mol. The standard InChI is InChI=1S/C8H7N3O2S/c1-5-2-7(13-11-5)10-8(12)6-3-14-4-9-6/h2-4H,1H3,(H,10,12). The second kappa shape index (κ2) is 3.59. The van der Waals surface area contributed by atoms with Gasteiger partial charge in [-0.05, 0) is 6.92 Å². The molecule has 0 bridgehead atoms. The van der Waals surface area contributed by atoms with Crippen molar-refractivity contribution in [3.8, 4) is 0 Å². The first-order valence-corrected chi connectivity index (χ1v) is 4.83. The molecule has 2 heterocycles. The number of aryl methyl sites for hydroxylation is 1. The van der Waals surface area contributed by atoms with Crippen molar-refractivity contribution in [2.75, 3.05) is 5.32 Å². The molecule has 0 aliphatic carbocycles. The van der Waals surface area contributed by atoms with E-state index in [1.54, 1.807) is 23.9 Å². The number of nitrogens with zero attached hydrogens (tertiary/aromatic N) is 2. The number of carbonyl (C=O) groups is 1. The Morgan fingerprint density at radius 2 is 2.50 bits per heavy atom. The van der Waals surface area contributed by atoms with E-state index in [0.717, 1.165) is 5.69 Å². The normalized spacial score (nSPS) is 10.1. The Kier molecular flexibility index (Phi) is 2.28. The molecule has 0 saturated carbocycles. The molecule has 0 saturated heterocycles. The van der Waals surface area contributed by atoms with Gasteiger partial charge in [0.15, 0.2) is 0 Å². The van der Waals surface area contributed by atoms with Crippen molar-refractivity contribution < 1.29 is 9.32 Å². The Labute approximate surface area is 83.8 Å². The summed E-state index contributed by atoms with van der Waals surface area (Å²) >= 11 is 1.37. The van der Waals surface area contributed by atoms with Crippen LogP contribution in [0, 0.1) is 6.92 Å². The van der Waals surface area contributed by atoms with Crippen molar-refractivity contribution in [2.24, 2.45) is 0 Å². The largest absolute Gasteiger partial charge is 0.338 e. The van der Waals surface area contributed by atoms with E-state index >= 15 is 0 Å². The Morgan fingerprint density at radius 1 is 1.64 bits per heavy atom. The molecule has 0 spiro atoms. The number of hydrogen-bond acceptors (Lipinski definition) is 5. The molecule has 2 aromatic heterocycles. The first-order chi connectivity index (χ1) is 6.75. The fourth-order valence-electron chi connectivity index (χ4n) is 0.923. The molecule has 2 aromatic rings. The van der Waals surface area contributed by atoms with Gasteiger partial charge in [-0.25, -0.2) is 4.98 Å². The number of thiazole rings is 1. The van der Waals surface area contributed by atoms with Crippen LogP contribution in [0.5, 0.6) is 0 Å². The minimum atomic E-state index is -0.289. The van der Waals surface area contributed by atoms with E-state index in [2.05, 4.69) is 15.5 Å². The SMILES string of the molecule is Cc1cc(NC(=O)c2cscn2)on1. The molecule has 72 valence electrons. The number of carbonyl (C=O) groups excluding carboxylic acids is 1. The summed E-state index contributed by atoms with van der Waals surface area (Å²) < 4.78 is 4.83. The fourth-order valence-corrected chi connectivity index (χ4v) is 1.46. The molecule has 0 atom stereocenters. The number of anilines is 1. The summed E-state index contributed by atoms with van der Waals surface area (Å²) in [6.07, 6.45) is 0. The third-order valence-electron chi connectivity index (χ3n) is 1.53. The second-order valence-electron chi connectivity index (χ2n) is 2.66. The third-order valence-corrected chi connectivity index (χ3v) is 2.12. The predicted octanol–water partition coefficient (Wildman–Crippen LogP) is 1.69. The van der Waals surface area contributed by atoms with Crippen LogP contribution in [-0.2, 0) is 0 Å². The first kappa shape index (κ1) is 8.89. The first-order valence-electron chi connectivity index (χ1n) is 3.88. The summed E-state index contributed by atoms with van der Waals surface area (Å²) in [5.41, 5.74) is 2.70. The van der Waals surface area contributed by atoms with Crippen LogP contribution in [0.4, 0.5) is 5.88 Å². The summed E-state index contributed by atoms with van der Waals surface area (Å²) in [5.74, 6) is 0.0444. The fraction of sp³-hybridized carbons (Fsp3) is 0.125. The zero-order valence-electron chi connectivity index (χ0n) is 7.35. The van der Waals surface area contributed by atoms with E-state index in [1.165, 1.54) is 11.3 Å². The third kappa shape index (κ3) is 1.80. The second-order valence-corrected chi connectivity index (χ2v) is 3.38. The molecule has 1 amide bonds. The Morgan fingerprint density at radius 3 is 3.07 bits per heavy atom. The van der Waals surface area contributed by atoms with E-state index in [0.29, 0.717) is 11.6 Å². The van der Waals surface area contributed by atoms with Crippen molar-refractivity contribution in [3.63, 3.8) is 0 Å². The predicted molar refractivity (Wildman–Crippen MR) is 51.3 cm³/mol. The number of aromatic nitrogens is 2. The van der Waals surface area contributed by atoms with E-state index in [1.807, 2.05) is 0 Å². The molecule has 6 heteroatoms. The highest BCUT2D eigenvalue weighted by Crippen LogP contribution is 2.10. The average Bonchev–Trinajstić information content (AvgIpc) is 2.75. The Hall–Kier alpha value is -1.69. The molecule has 0 aliphatic heterocycles. The van der Waals surface area contributed by atoms with Crippen LogP contribution < -0.4 is 5.32 Å². The maximum absolute atomic E-state index is 11.4. The van der Waals surface area contributed by atoms with Gasteiger partial charge in [-0.1, -0.05) is 5.16 Å². The minimum absolute atomic E-state index is 0.289. The molecule has 2 rings (SSSR count). The number of rotatable bonds is 2. The van der Waals surface area contributed by atoms with Gasteiger partial charge >= 0.3 is 0 Å². The van der Waals surface area contributed by atoms with E-state index < -0.39 is 0 Å². The van der Waals surface area contributed by atoms with Gasteiger partial charge in [-0.3, -0.25) is 10.1 Å². The van der Waals surface area contributed by atoms with Crippen molar-refractivity contribution in [3.05, 3.63) is 28.3 Å². The van der Waals surface area contributed by atoms with Gasteiger partial charge in [0.25, 0.3) is 5.91 Å². The smallest absolute Gasteiger partial charge is 0.277 e. The molecule has 0 fully saturated rings. The molecule has 0 aliphatic rings. The van der Waals surface area contributed by atoms with Crippen molar-refractivity contribution in [1.82, 2.24) is 10.1 Å². The zero-order chi connectivity index (χ0) is 9.97. The lowest BCUT2D eigenvalue weighted by Crippen LogP contribution is -2.11. The molecule has 0 unspecified atom stereocenters. The van der Waals surface area contributed by atoms with E-state index in [4.69, 9.17) is 4.52 Å². The lowest BCUT2D eigenvalue weighted by atomic mass is 10.4.